The predicted molar refractivity (Wildman–Crippen MR) is 140 cm³/mol. The van der Waals surface area contributed by atoms with Crippen LogP contribution in [0.4, 0.5) is 0 Å². The van der Waals surface area contributed by atoms with Gasteiger partial charge in [-0.05, 0) is 35.4 Å². The number of carbonyl (C=O) groups is 3. The fourth-order valence-corrected chi connectivity index (χ4v) is 6.14. The van der Waals surface area contributed by atoms with Crippen LogP contribution in [0.15, 0.2) is 77.7 Å². The standard InChI is InChI=1S/C26H23Cl2N3O5S/c1-29-25(33)22(13-17-7-3-2-4-8-17)30(15-18-11-12-19(27)14-21(18)28)24(32)16-31-26(34)20-9-5-6-10-23(20)37(31,35)36/h2-12,14,22H,13,15-16H2,1H3,(H,29,33)/t22-/m1/s1. The fraction of sp³-hybridized carbons (Fsp3) is 0.192. The van der Waals surface area contributed by atoms with Crippen LogP contribution >= 0.6 is 23.2 Å². The van der Waals surface area contributed by atoms with Gasteiger partial charge in [0.15, 0.2) is 0 Å². The van der Waals surface area contributed by atoms with E-state index in [1.54, 1.807) is 18.2 Å². The second-order valence-corrected chi connectivity index (χ2v) is 11.1. The lowest BCUT2D eigenvalue weighted by molar-refractivity contribution is -0.140. The molecule has 1 heterocycles. The monoisotopic (exact) mass is 559 g/mol. The van der Waals surface area contributed by atoms with Crippen molar-refractivity contribution in [1.82, 2.24) is 14.5 Å². The number of hydrogen-bond acceptors (Lipinski definition) is 5. The van der Waals surface area contributed by atoms with E-state index >= 15 is 0 Å². The molecule has 0 aromatic heterocycles. The van der Waals surface area contributed by atoms with Gasteiger partial charge in [0.25, 0.3) is 15.9 Å². The first-order valence-electron chi connectivity index (χ1n) is 11.3. The summed E-state index contributed by atoms with van der Waals surface area (Å²) in [4.78, 5) is 40.8. The molecule has 0 saturated heterocycles. The third kappa shape index (κ3) is 5.49. The number of likely N-dealkylation sites (N-methyl/N-ethyl adjacent to an activating group) is 1. The van der Waals surface area contributed by atoms with E-state index in [1.165, 1.54) is 36.2 Å². The largest absolute Gasteiger partial charge is 0.357 e. The minimum absolute atomic E-state index is 0.00488. The van der Waals surface area contributed by atoms with Gasteiger partial charge in [0.1, 0.15) is 17.5 Å². The molecule has 1 atom stereocenters. The smallest absolute Gasteiger partial charge is 0.269 e. The van der Waals surface area contributed by atoms with Crippen LogP contribution < -0.4 is 5.32 Å². The highest BCUT2D eigenvalue weighted by Crippen LogP contribution is 2.30. The molecule has 192 valence electrons. The highest BCUT2D eigenvalue weighted by atomic mass is 35.5. The Kier molecular flexibility index (Phi) is 7.87. The van der Waals surface area contributed by atoms with Gasteiger partial charge >= 0.3 is 0 Å². The van der Waals surface area contributed by atoms with Crippen LogP contribution in [0.25, 0.3) is 0 Å². The van der Waals surface area contributed by atoms with Gasteiger partial charge in [-0.25, -0.2) is 12.7 Å². The molecule has 11 heteroatoms. The van der Waals surface area contributed by atoms with E-state index in [4.69, 9.17) is 23.2 Å². The summed E-state index contributed by atoms with van der Waals surface area (Å²) >= 11 is 12.4. The Balaban J connectivity index is 1.72. The van der Waals surface area contributed by atoms with Crippen molar-refractivity contribution in [3.63, 3.8) is 0 Å². The molecule has 3 aromatic rings. The molecular weight excluding hydrogens is 537 g/mol. The number of benzene rings is 3. The summed E-state index contributed by atoms with van der Waals surface area (Å²) < 4.78 is 26.7. The van der Waals surface area contributed by atoms with E-state index < -0.39 is 40.3 Å². The SMILES string of the molecule is CNC(=O)[C@@H](Cc1ccccc1)N(Cc1ccc(Cl)cc1Cl)C(=O)CN1C(=O)c2ccccc2S1(=O)=O. The molecule has 1 aliphatic heterocycles. The van der Waals surface area contributed by atoms with Crippen LogP contribution in [0.5, 0.6) is 0 Å². The molecule has 3 aromatic carbocycles. The Hall–Kier alpha value is -3.40. The van der Waals surface area contributed by atoms with Gasteiger partial charge in [0.05, 0.1) is 5.56 Å². The molecule has 1 N–H and O–H groups in total. The Labute approximate surface area is 224 Å². The maximum absolute atomic E-state index is 13.7. The average Bonchev–Trinajstić information content (AvgIpc) is 3.08. The van der Waals surface area contributed by atoms with Gasteiger partial charge in [-0.1, -0.05) is 71.7 Å². The minimum atomic E-state index is -4.23. The molecular formula is C26H23Cl2N3O5S. The number of sulfonamides is 1. The van der Waals surface area contributed by atoms with Crippen molar-refractivity contribution in [1.29, 1.82) is 0 Å². The van der Waals surface area contributed by atoms with Gasteiger partial charge in [0.2, 0.25) is 11.8 Å². The Morgan fingerprint density at radius 3 is 2.32 bits per heavy atom. The fourth-order valence-electron chi connectivity index (χ4n) is 4.15. The molecule has 0 aliphatic carbocycles. The summed E-state index contributed by atoms with van der Waals surface area (Å²) in [6.07, 6.45) is 0.151. The number of halogens is 2. The number of fused-ring (bicyclic) bond motifs is 1. The second kappa shape index (κ2) is 10.9. The molecule has 4 rings (SSSR count). The third-order valence-electron chi connectivity index (χ3n) is 6.06. The van der Waals surface area contributed by atoms with Gasteiger partial charge in [0, 0.05) is 30.1 Å². The van der Waals surface area contributed by atoms with Crippen LogP contribution in [0, 0.1) is 0 Å². The summed E-state index contributed by atoms with van der Waals surface area (Å²) in [6.45, 7) is -0.891. The van der Waals surface area contributed by atoms with Crippen LogP contribution in [0.2, 0.25) is 10.0 Å². The lowest BCUT2D eigenvalue weighted by Gasteiger charge is -2.32. The van der Waals surface area contributed by atoms with Crippen molar-refractivity contribution < 1.29 is 22.8 Å². The lowest BCUT2D eigenvalue weighted by Crippen LogP contribution is -2.52. The van der Waals surface area contributed by atoms with Crippen molar-refractivity contribution in [2.75, 3.05) is 13.6 Å². The van der Waals surface area contributed by atoms with E-state index in [0.29, 0.717) is 14.9 Å². The quantitative estimate of drug-likeness (QED) is 0.454. The summed E-state index contributed by atoms with van der Waals surface area (Å²) in [5.41, 5.74) is 1.28. The Bertz CT molecular complexity index is 1460. The molecule has 3 amide bonds. The molecule has 8 nitrogen and oxygen atoms in total. The highest BCUT2D eigenvalue weighted by Gasteiger charge is 2.43. The predicted octanol–water partition coefficient (Wildman–Crippen LogP) is 3.52. The zero-order valence-corrected chi connectivity index (χ0v) is 22.1. The van der Waals surface area contributed by atoms with E-state index in [-0.39, 0.29) is 28.4 Å². The van der Waals surface area contributed by atoms with E-state index in [0.717, 1.165) is 5.56 Å². The molecule has 0 saturated carbocycles. The normalized spacial score (nSPS) is 14.7. The van der Waals surface area contributed by atoms with E-state index in [1.807, 2.05) is 30.3 Å². The van der Waals surface area contributed by atoms with Crippen molar-refractivity contribution in [3.8, 4) is 0 Å². The van der Waals surface area contributed by atoms with Crippen molar-refractivity contribution in [3.05, 3.63) is 99.5 Å². The summed E-state index contributed by atoms with van der Waals surface area (Å²) in [7, 11) is -2.78. The number of carbonyl (C=O) groups excluding carboxylic acids is 3. The lowest BCUT2D eigenvalue weighted by atomic mass is 10.0. The highest BCUT2D eigenvalue weighted by molar-refractivity contribution is 7.90. The van der Waals surface area contributed by atoms with E-state index in [2.05, 4.69) is 5.32 Å². The van der Waals surface area contributed by atoms with Gasteiger partial charge in [-0.15, -0.1) is 0 Å². The Morgan fingerprint density at radius 1 is 1.00 bits per heavy atom. The average molecular weight is 560 g/mol. The first kappa shape index (κ1) is 26.7. The molecule has 0 radical (unpaired) electrons. The van der Waals surface area contributed by atoms with Crippen LogP contribution in [0.3, 0.4) is 0 Å². The zero-order chi connectivity index (χ0) is 26.7. The number of amides is 3. The zero-order valence-electron chi connectivity index (χ0n) is 19.7. The maximum Gasteiger partial charge on any atom is 0.269 e. The second-order valence-electron chi connectivity index (χ2n) is 8.39. The topological polar surface area (TPSA) is 104 Å². The van der Waals surface area contributed by atoms with Gasteiger partial charge in [-0.2, -0.15) is 0 Å². The van der Waals surface area contributed by atoms with Gasteiger partial charge in [-0.3, -0.25) is 14.4 Å². The van der Waals surface area contributed by atoms with Crippen LogP contribution in [-0.4, -0.2) is 55.0 Å². The summed E-state index contributed by atoms with van der Waals surface area (Å²) in [5.74, 6) is -1.99. The molecule has 37 heavy (non-hydrogen) atoms. The van der Waals surface area contributed by atoms with Crippen molar-refractivity contribution in [2.24, 2.45) is 0 Å². The van der Waals surface area contributed by atoms with E-state index in [9.17, 15) is 22.8 Å². The first-order valence-corrected chi connectivity index (χ1v) is 13.5. The van der Waals surface area contributed by atoms with Crippen molar-refractivity contribution in [2.45, 2.75) is 23.9 Å². The van der Waals surface area contributed by atoms with Crippen LogP contribution in [0.1, 0.15) is 21.5 Å². The summed E-state index contributed by atoms with van der Waals surface area (Å²) in [5, 5.41) is 3.25. The number of rotatable bonds is 8. The summed E-state index contributed by atoms with van der Waals surface area (Å²) in [6, 6.07) is 18.6. The number of nitrogens with zero attached hydrogens (tertiary/aromatic N) is 2. The maximum atomic E-state index is 13.7. The number of nitrogens with one attached hydrogen (secondary N) is 1. The number of hydrogen-bond donors (Lipinski definition) is 1. The Morgan fingerprint density at radius 2 is 1.68 bits per heavy atom. The van der Waals surface area contributed by atoms with Crippen LogP contribution in [-0.2, 0) is 32.6 Å². The minimum Gasteiger partial charge on any atom is -0.357 e. The third-order valence-corrected chi connectivity index (χ3v) is 8.44. The molecule has 0 unspecified atom stereocenters. The van der Waals surface area contributed by atoms with Crippen molar-refractivity contribution >= 4 is 50.9 Å². The first-order chi connectivity index (χ1) is 17.6. The molecule has 0 bridgehead atoms. The molecule has 0 fully saturated rings. The van der Waals surface area contributed by atoms with Gasteiger partial charge < -0.3 is 10.2 Å². The molecule has 1 aliphatic rings. The molecule has 0 spiro atoms.